The molecule has 2 bridgehead atoms. The van der Waals surface area contributed by atoms with Gasteiger partial charge in [0.15, 0.2) is 17.5 Å². The molecule has 3 aromatic carbocycles. The minimum absolute atomic E-state index is 0.0393. The molecule has 0 amide bonds. The molecule has 0 N–H and O–H groups in total. The molecule has 7 heteroatoms. The van der Waals surface area contributed by atoms with Gasteiger partial charge < -0.3 is 14.7 Å². The van der Waals surface area contributed by atoms with E-state index in [9.17, 15) is 0 Å². The van der Waals surface area contributed by atoms with E-state index < -0.39 is 0 Å². The van der Waals surface area contributed by atoms with Gasteiger partial charge in [-0.2, -0.15) is 5.10 Å². The molecule has 7 nitrogen and oxygen atoms in total. The van der Waals surface area contributed by atoms with Gasteiger partial charge in [0.25, 0.3) is 0 Å². The Morgan fingerprint density at radius 1 is 0.911 bits per heavy atom. The van der Waals surface area contributed by atoms with Crippen molar-refractivity contribution >= 4 is 34.5 Å². The number of aromatic nitrogens is 2. The number of para-hydroxylation sites is 2. The Kier molecular flexibility index (Phi) is 5.49. The second kappa shape index (κ2) is 9.41. The highest BCUT2D eigenvalue weighted by Gasteiger charge is 2.64. The Labute approximate surface area is 264 Å². The van der Waals surface area contributed by atoms with E-state index in [0.717, 1.165) is 41.6 Å². The SMILES string of the molecule is C=CC=C(C=C)C1=NN2c3ccc4cc3C(CC)(C4)C3c4ccccc4N4c5nccnc5N(C)C4C3C2N1c1ccccc1. The van der Waals surface area contributed by atoms with Crippen LogP contribution in [0.25, 0.3) is 0 Å². The van der Waals surface area contributed by atoms with E-state index in [1.165, 1.54) is 28.1 Å². The minimum Gasteiger partial charge on any atom is -0.335 e. The summed E-state index contributed by atoms with van der Waals surface area (Å²) < 4.78 is 0. The van der Waals surface area contributed by atoms with Crippen molar-refractivity contribution < 1.29 is 0 Å². The molecule has 0 radical (unpaired) electrons. The zero-order valence-corrected chi connectivity index (χ0v) is 25.6. The first-order chi connectivity index (χ1) is 22.1. The van der Waals surface area contributed by atoms with Gasteiger partial charge in [0.05, 0.1) is 5.69 Å². The van der Waals surface area contributed by atoms with Crippen LogP contribution in [-0.2, 0) is 11.8 Å². The van der Waals surface area contributed by atoms with Gasteiger partial charge in [0, 0.05) is 53.6 Å². The fourth-order valence-electron chi connectivity index (χ4n) is 9.16. The van der Waals surface area contributed by atoms with Crippen LogP contribution in [0.5, 0.6) is 0 Å². The number of fused-ring (bicyclic) bond motifs is 13. The summed E-state index contributed by atoms with van der Waals surface area (Å²) in [4.78, 5) is 17.1. The predicted molar refractivity (Wildman–Crippen MR) is 182 cm³/mol. The van der Waals surface area contributed by atoms with Gasteiger partial charge >= 0.3 is 0 Å². The summed E-state index contributed by atoms with van der Waals surface area (Å²) in [6.07, 6.45) is 11.2. The molecular formula is C38H35N7. The lowest BCUT2D eigenvalue weighted by molar-refractivity contribution is 0.197. The van der Waals surface area contributed by atoms with Crippen LogP contribution in [0.15, 0.2) is 127 Å². The lowest BCUT2D eigenvalue weighted by Gasteiger charge is -2.53. The molecular weight excluding hydrogens is 554 g/mol. The van der Waals surface area contributed by atoms with E-state index >= 15 is 0 Å². The standard InChI is InChI=1S/C38H35N7/c1-5-13-25(6-2)33-41-45-30-19-18-24-22-28(30)38(7-3,23-24)32-27-16-11-12-17-29(27)44-35-34(39-20-21-40-35)42(4)36(44)31(32)37(45)43(33)26-14-9-8-10-15-26/h5-6,8-22,31-32,36-37H,1-2,7,23H2,3-4H3. The lowest BCUT2D eigenvalue weighted by atomic mass is 9.59. The largest absolute Gasteiger partial charge is 0.335 e. The van der Waals surface area contributed by atoms with E-state index in [-0.39, 0.29) is 29.6 Å². The molecule has 1 aliphatic carbocycles. The van der Waals surface area contributed by atoms with Crippen LogP contribution < -0.4 is 19.7 Å². The van der Waals surface area contributed by atoms with Gasteiger partial charge in [-0.15, -0.1) is 0 Å². The summed E-state index contributed by atoms with van der Waals surface area (Å²) in [5.74, 6) is 2.96. The van der Waals surface area contributed by atoms with E-state index in [4.69, 9.17) is 15.1 Å². The number of benzene rings is 3. The number of rotatable bonds is 5. The Bertz CT molecular complexity index is 1950. The van der Waals surface area contributed by atoms with E-state index in [1.54, 1.807) is 0 Å². The van der Waals surface area contributed by atoms with E-state index in [0.29, 0.717) is 0 Å². The van der Waals surface area contributed by atoms with Gasteiger partial charge in [-0.05, 0) is 53.8 Å². The van der Waals surface area contributed by atoms with Crippen LogP contribution in [0.4, 0.5) is 28.7 Å². The third-order valence-electron chi connectivity index (χ3n) is 10.8. The number of hydrazone groups is 1. The summed E-state index contributed by atoms with van der Waals surface area (Å²) in [6.45, 7) is 10.6. The van der Waals surface area contributed by atoms with E-state index in [1.807, 2.05) is 30.6 Å². The third-order valence-corrected chi connectivity index (χ3v) is 10.8. The molecule has 0 saturated heterocycles. The maximum Gasteiger partial charge on any atom is 0.178 e. The van der Waals surface area contributed by atoms with Crippen molar-refractivity contribution in [1.82, 2.24) is 9.97 Å². The van der Waals surface area contributed by atoms with Crippen LogP contribution in [0.2, 0.25) is 0 Å². The van der Waals surface area contributed by atoms with Gasteiger partial charge in [0.2, 0.25) is 0 Å². The average molecular weight is 590 g/mol. The molecule has 0 saturated carbocycles. The molecule has 222 valence electrons. The van der Waals surface area contributed by atoms with Gasteiger partial charge in [-0.3, -0.25) is 0 Å². The number of hydrogen-bond donors (Lipinski definition) is 0. The Morgan fingerprint density at radius 3 is 2.47 bits per heavy atom. The van der Waals surface area contributed by atoms with Crippen molar-refractivity contribution in [3.05, 3.63) is 139 Å². The molecule has 1 aromatic heterocycles. The van der Waals surface area contributed by atoms with Crippen molar-refractivity contribution in [2.45, 2.75) is 43.4 Å². The first-order valence-electron chi connectivity index (χ1n) is 15.8. The summed E-state index contributed by atoms with van der Waals surface area (Å²) >= 11 is 0. The van der Waals surface area contributed by atoms with Crippen molar-refractivity contribution in [2.75, 3.05) is 26.8 Å². The highest BCUT2D eigenvalue weighted by molar-refractivity contribution is 6.14. The average Bonchev–Trinajstić information content (AvgIpc) is 3.70. The zero-order chi connectivity index (χ0) is 30.4. The second-order valence-electron chi connectivity index (χ2n) is 12.7. The molecule has 4 aromatic rings. The molecule has 0 spiro atoms. The van der Waals surface area contributed by atoms with Crippen LogP contribution in [0, 0.1) is 5.92 Å². The van der Waals surface area contributed by atoms with Crippen molar-refractivity contribution in [3.63, 3.8) is 0 Å². The first kappa shape index (κ1) is 26.3. The van der Waals surface area contributed by atoms with Gasteiger partial charge in [-0.1, -0.05) is 86.8 Å². The van der Waals surface area contributed by atoms with Crippen LogP contribution in [0.3, 0.4) is 0 Å². The van der Waals surface area contributed by atoms with Crippen molar-refractivity contribution in [2.24, 2.45) is 11.0 Å². The Hall–Kier alpha value is -5.17. The minimum atomic E-state index is -0.144. The number of amidine groups is 1. The smallest absolute Gasteiger partial charge is 0.178 e. The number of hydrogen-bond acceptors (Lipinski definition) is 7. The van der Waals surface area contributed by atoms with Crippen molar-refractivity contribution in [3.8, 4) is 0 Å². The molecule has 45 heavy (non-hydrogen) atoms. The highest BCUT2D eigenvalue weighted by Crippen LogP contribution is 2.65. The fraction of sp³-hybridized carbons (Fsp3) is 0.237. The molecule has 9 rings (SSSR count). The second-order valence-corrected chi connectivity index (χ2v) is 12.7. The van der Waals surface area contributed by atoms with E-state index in [2.05, 4.69) is 120 Å². The number of nitrogens with zero attached hydrogens (tertiary/aromatic N) is 7. The molecule has 5 heterocycles. The van der Waals surface area contributed by atoms with Crippen LogP contribution in [-0.4, -0.2) is 35.2 Å². The molecule has 0 fully saturated rings. The van der Waals surface area contributed by atoms with Crippen LogP contribution in [0.1, 0.15) is 36.0 Å². The maximum atomic E-state index is 5.54. The topological polar surface area (TPSA) is 51.1 Å². The number of anilines is 5. The van der Waals surface area contributed by atoms with Gasteiger partial charge in [-0.25, -0.2) is 15.0 Å². The highest BCUT2D eigenvalue weighted by atomic mass is 15.6. The zero-order valence-electron chi connectivity index (χ0n) is 25.6. The van der Waals surface area contributed by atoms with Crippen LogP contribution >= 0.6 is 0 Å². The molecule has 5 atom stereocenters. The molecule has 4 aliphatic heterocycles. The lowest BCUT2D eigenvalue weighted by Crippen LogP contribution is -2.62. The normalized spacial score (nSPS) is 26.8. The quantitative estimate of drug-likeness (QED) is 0.228. The van der Waals surface area contributed by atoms with Gasteiger partial charge in [0.1, 0.15) is 12.3 Å². The predicted octanol–water partition coefficient (Wildman–Crippen LogP) is 7.29. The number of allylic oxidation sites excluding steroid dienone is 2. The summed E-state index contributed by atoms with van der Waals surface area (Å²) in [5, 5.41) is 7.86. The Morgan fingerprint density at radius 2 is 1.69 bits per heavy atom. The summed E-state index contributed by atoms with van der Waals surface area (Å²) in [5.41, 5.74) is 8.54. The Balaban J connectivity index is 1.39. The third kappa shape index (κ3) is 3.27. The summed E-state index contributed by atoms with van der Waals surface area (Å²) in [7, 11) is 2.19. The first-order valence-corrected chi connectivity index (χ1v) is 15.8. The monoisotopic (exact) mass is 589 g/mol. The maximum absolute atomic E-state index is 5.54. The van der Waals surface area contributed by atoms with Crippen molar-refractivity contribution in [1.29, 1.82) is 0 Å². The summed E-state index contributed by atoms with van der Waals surface area (Å²) in [6, 6.07) is 26.8. The fourth-order valence-corrected chi connectivity index (χ4v) is 9.16. The molecule has 5 aliphatic rings. The molecule has 5 unspecified atom stereocenters.